The van der Waals surface area contributed by atoms with E-state index < -0.39 is 0 Å². The van der Waals surface area contributed by atoms with Crippen LogP contribution in [0.1, 0.15) is 31.7 Å². The predicted molar refractivity (Wildman–Crippen MR) is 82.9 cm³/mol. The third-order valence-electron chi connectivity index (χ3n) is 4.59. The number of anilines is 1. The molecule has 3 rings (SSSR count). The summed E-state index contributed by atoms with van der Waals surface area (Å²) in [4.78, 5) is 27.5. The molecule has 22 heavy (non-hydrogen) atoms. The highest BCUT2D eigenvalue weighted by molar-refractivity contribution is 6.21. The van der Waals surface area contributed by atoms with Crippen LogP contribution in [-0.4, -0.2) is 44.2 Å². The molecule has 2 heterocycles. The van der Waals surface area contributed by atoms with E-state index in [1.807, 2.05) is 24.3 Å². The van der Waals surface area contributed by atoms with E-state index in [9.17, 15) is 9.59 Å². The van der Waals surface area contributed by atoms with E-state index in [1.54, 1.807) is 0 Å². The molecule has 1 N–H and O–H groups in total. The average Bonchev–Trinajstić information content (AvgIpc) is 2.83. The summed E-state index contributed by atoms with van der Waals surface area (Å²) in [6.45, 7) is 7.17. The first kappa shape index (κ1) is 15.2. The minimum Gasteiger partial charge on any atom is -0.370 e. The van der Waals surface area contributed by atoms with Crippen LogP contribution in [0.25, 0.3) is 0 Å². The third kappa shape index (κ3) is 2.78. The van der Waals surface area contributed by atoms with Crippen molar-refractivity contribution in [3.63, 3.8) is 0 Å². The van der Waals surface area contributed by atoms with Gasteiger partial charge in [0.2, 0.25) is 5.91 Å². The van der Waals surface area contributed by atoms with Crippen LogP contribution in [-0.2, 0) is 14.3 Å². The van der Waals surface area contributed by atoms with Gasteiger partial charge in [0.15, 0.2) is 6.04 Å². The number of nitrogens with zero attached hydrogens (tertiary/aromatic N) is 1. The molecule has 2 aliphatic rings. The van der Waals surface area contributed by atoms with E-state index in [0.29, 0.717) is 31.2 Å². The second-order valence-corrected chi connectivity index (χ2v) is 6.34. The zero-order valence-electron chi connectivity index (χ0n) is 13.2. The lowest BCUT2D eigenvalue weighted by Crippen LogP contribution is -3.18. The lowest BCUT2D eigenvalue weighted by atomic mass is 10.0. The molecular weight excluding hydrogens is 280 g/mol. The standard InChI is InChI=1S/C17H22N2O3/c1-12(2)13-3-5-14(6-4-13)19-16(20)11-15(17(19)21)18-7-9-22-10-8-18/h3-6,12,15H,7-11H2,1-2H3/p+1/t15-/m0/s1. The molecule has 118 valence electrons. The van der Waals surface area contributed by atoms with Crippen molar-refractivity contribution in [2.45, 2.75) is 32.2 Å². The largest absolute Gasteiger partial charge is 0.370 e. The van der Waals surface area contributed by atoms with Crippen LogP contribution in [0.15, 0.2) is 24.3 Å². The van der Waals surface area contributed by atoms with E-state index in [0.717, 1.165) is 13.1 Å². The van der Waals surface area contributed by atoms with Gasteiger partial charge in [0.05, 0.1) is 25.3 Å². The van der Waals surface area contributed by atoms with Crippen molar-refractivity contribution in [2.75, 3.05) is 31.2 Å². The fourth-order valence-corrected chi connectivity index (χ4v) is 3.21. The van der Waals surface area contributed by atoms with Crippen LogP contribution in [0, 0.1) is 0 Å². The molecule has 2 saturated heterocycles. The summed E-state index contributed by atoms with van der Waals surface area (Å²) in [7, 11) is 0. The number of morpholine rings is 1. The van der Waals surface area contributed by atoms with Crippen molar-refractivity contribution < 1.29 is 19.2 Å². The van der Waals surface area contributed by atoms with E-state index in [-0.39, 0.29) is 17.9 Å². The quantitative estimate of drug-likeness (QED) is 0.820. The van der Waals surface area contributed by atoms with Crippen LogP contribution in [0.5, 0.6) is 0 Å². The normalized spacial score (nSPS) is 23.6. The number of rotatable bonds is 3. The molecule has 2 aliphatic heterocycles. The van der Waals surface area contributed by atoms with Crippen molar-refractivity contribution in [3.05, 3.63) is 29.8 Å². The molecule has 5 heteroatoms. The van der Waals surface area contributed by atoms with Gasteiger partial charge in [-0.05, 0) is 23.6 Å². The van der Waals surface area contributed by atoms with Crippen molar-refractivity contribution in [2.24, 2.45) is 0 Å². The van der Waals surface area contributed by atoms with E-state index in [2.05, 4.69) is 13.8 Å². The molecule has 5 nitrogen and oxygen atoms in total. The van der Waals surface area contributed by atoms with Gasteiger partial charge in [0, 0.05) is 0 Å². The molecule has 0 bridgehead atoms. The van der Waals surface area contributed by atoms with Crippen molar-refractivity contribution >= 4 is 17.5 Å². The Morgan fingerprint density at radius 1 is 1.14 bits per heavy atom. The Kier molecular flexibility index (Phi) is 4.27. The lowest BCUT2D eigenvalue weighted by molar-refractivity contribution is -0.922. The molecule has 2 fully saturated rings. The molecule has 0 aliphatic carbocycles. The summed E-state index contributed by atoms with van der Waals surface area (Å²) in [5.41, 5.74) is 1.90. The van der Waals surface area contributed by atoms with Gasteiger partial charge in [-0.1, -0.05) is 26.0 Å². The van der Waals surface area contributed by atoms with Crippen LogP contribution >= 0.6 is 0 Å². The van der Waals surface area contributed by atoms with Gasteiger partial charge >= 0.3 is 0 Å². The first-order valence-electron chi connectivity index (χ1n) is 7.97. The molecule has 0 saturated carbocycles. The lowest BCUT2D eigenvalue weighted by Gasteiger charge is -2.27. The first-order chi connectivity index (χ1) is 10.6. The van der Waals surface area contributed by atoms with Crippen LogP contribution in [0.4, 0.5) is 5.69 Å². The second-order valence-electron chi connectivity index (χ2n) is 6.34. The topological polar surface area (TPSA) is 51.1 Å². The Labute approximate surface area is 130 Å². The van der Waals surface area contributed by atoms with Gasteiger partial charge in [0.25, 0.3) is 5.91 Å². The van der Waals surface area contributed by atoms with Gasteiger partial charge < -0.3 is 9.64 Å². The van der Waals surface area contributed by atoms with Crippen molar-refractivity contribution in [1.29, 1.82) is 0 Å². The number of hydrogen-bond acceptors (Lipinski definition) is 3. The number of carbonyl (C=O) groups is 2. The van der Waals surface area contributed by atoms with E-state index in [4.69, 9.17) is 4.74 Å². The molecule has 1 aromatic carbocycles. The molecule has 2 amide bonds. The molecule has 0 spiro atoms. The maximum atomic E-state index is 12.7. The number of imide groups is 1. The highest BCUT2D eigenvalue weighted by Gasteiger charge is 2.45. The Balaban J connectivity index is 1.78. The Bertz CT molecular complexity index is 562. The summed E-state index contributed by atoms with van der Waals surface area (Å²) in [5.74, 6) is 0.273. The Hall–Kier alpha value is -1.72. The fraction of sp³-hybridized carbons (Fsp3) is 0.529. The first-order valence-corrected chi connectivity index (χ1v) is 7.97. The third-order valence-corrected chi connectivity index (χ3v) is 4.59. The number of quaternary nitrogens is 1. The summed E-state index contributed by atoms with van der Waals surface area (Å²) in [6.07, 6.45) is 0.306. The number of hydrogen-bond donors (Lipinski definition) is 1. The smallest absolute Gasteiger partial charge is 0.292 e. The van der Waals surface area contributed by atoms with Gasteiger partial charge in [-0.25, -0.2) is 4.90 Å². The zero-order valence-corrected chi connectivity index (χ0v) is 13.2. The molecule has 1 atom stereocenters. The highest BCUT2D eigenvalue weighted by atomic mass is 16.5. The van der Waals surface area contributed by atoms with Crippen LogP contribution in [0.2, 0.25) is 0 Å². The van der Waals surface area contributed by atoms with Crippen molar-refractivity contribution in [3.8, 4) is 0 Å². The Morgan fingerprint density at radius 2 is 1.77 bits per heavy atom. The van der Waals surface area contributed by atoms with Crippen molar-refractivity contribution in [1.82, 2.24) is 0 Å². The number of amides is 2. The molecule has 0 unspecified atom stereocenters. The monoisotopic (exact) mass is 303 g/mol. The number of carbonyl (C=O) groups excluding carboxylic acids is 2. The molecule has 0 aromatic heterocycles. The summed E-state index contributed by atoms with van der Waals surface area (Å²) < 4.78 is 5.34. The average molecular weight is 303 g/mol. The second kappa shape index (κ2) is 6.18. The number of ether oxygens (including phenoxy) is 1. The van der Waals surface area contributed by atoms with Gasteiger partial charge in [-0.15, -0.1) is 0 Å². The number of nitrogens with one attached hydrogen (secondary N) is 1. The van der Waals surface area contributed by atoms with E-state index >= 15 is 0 Å². The molecule has 1 aromatic rings. The number of benzene rings is 1. The maximum Gasteiger partial charge on any atom is 0.292 e. The fourth-order valence-electron chi connectivity index (χ4n) is 3.21. The minimum atomic E-state index is -0.249. The SMILES string of the molecule is CC(C)c1ccc(N2C(=O)C[C@H]([NH+]3CCOCC3)C2=O)cc1. The van der Waals surface area contributed by atoms with Gasteiger partial charge in [-0.3, -0.25) is 9.59 Å². The summed E-state index contributed by atoms with van der Waals surface area (Å²) in [5, 5.41) is 0. The van der Waals surface area contributed by atoms with Crippen LogP contribution < -0.4 is 9.80 Å². The maximum absolute atomic E-state index is 12.7. The zero-order chi connectivity index (χ0) is 15.7. The van der Waals surface area contributed by atoms with Gasteiger partial charge in [-0.2, -0.15) is 0 Å². The summed E-state index contributed by atoms with van der Waals surface area (Å²) >= 11 is 0. The van der Waals surface area contributed by atoms with E-state index in [1.165, 1.54) is 15.4 Å². The minimum absolute atomic E-state index is 0.0702. The van der Waals surface area contributed by atoms with Gasteiger partial charge in [0.1, 0.15) is 13.1 Å². The predicted octanol–water partition coefficient (Wildman–Crippen LogP) is 0.357. The molecule has 0 radical (unpaired) electrons. The summed E-state index contributed by atoms with van der Waals surface area (Å²) in [6, 6.07) is 7.50. The highest BCUT2D eigenvalue weighted by Crippen LogP contribution is 2.24. The Morgan fingerprint density at radius 3 is 2.36 bits per heavy atom. The van der Waals surface area contributed by atoms with Crippen LogP contribution in [0.3, 0.4) is 0 Å². The molecular formula is C17H23N2O3+.